The summed E-state index contributed by atoms with van der Waals surface area (Å²) in [5, 5.41) is 2.96. The molecule has 2 atom stereocenters. The molecule has 23 heavy (non-hydrogen) atoms. The van der Waals surface area contributed by atoms with E-state index < -0.39 is 0 Å². The highest BCUT2D eigenvalue weighted by atomic mass is 35.5. The van der Waals surface area contributed by atoms with Gasteiger partial charge in [-0.15, -0.1) is 24.2 Å². The lowest BCUT2D eigenvalue weighted by Crippen LogP contribution is -2.35. The number of nitrogens with one attached hydrogen (secondary N) is 1. The second-order valence-electron chi connectivity index (χ2n) is 5.29. The predicted octanol–water partition coefficient (Wildman–Crippen LogP) is 3.78. The van der Waals surface area contributed by atoms with E-state index in [1.807, 2.05) is 55.6 Å². The van der Waals surface area contributed by atoms with E-state index in [0.717, 1.165) is 11.1 Å². The number of carbonyl (C=O) groups is 1. The fourth-order valence-corrected chi connectivity index (χ4v) is 2.63. The van der Waals surface area contributed by atoms with E-state index in [0.29, 0.717) is 6.54 Å². The Morgan fingerprint density at radius 3 is 2.30 bits per heavy atom. The van der Waals surface area contributed by atoms with E-state index in [4.69, 9.17) is 5.73 Å². The molecule has 2 unspecified atom stereocenters. The molecule has 0 heterocycles. The number of nitrogens with two attached hydrogens (primary N) is 1. The van der Waals surface area contributed by atoms with Gasteiger partial charge in [0.15, 0.2) is 0 Å². The zero-order valence-electron chi connectivity index (χ0n) is 13.4. The minimum Gasteiger partial charge on any atom is -0.352 e. The van der Waals surface area contributed by atoms with Crippen molar-refractivity contribution >= 4 is 30.1 Å². The van der Waals surface area contributed by atoms with Gasteiger partial charge in [0, 0.05) is 17.5 Å². The van der Waals surface area contributed by atoms with Gasteiger partial charge in [-0.3, -0.25) is 4.79 Å². The van der Waals surface area contributed by atoms with Gasteiger partial charge in [-0.05, 0) is 29.5 Å². The Bertz CT molecular complexity index is 604. The molecule has 2 aromatic carbocycles. The van der Waals surface area contributed by atoms with Crippen molar-refractivity contribution in [2.75, 3.05) is 6.26 Å². The second kappa shape index (κ2) is 9.60. The predicted molar refractivity (Wildman–Crippen MR) is 99.9 cm³/mol. The molecule has 0 radical (unpaired) electrons. The van der Waals surface area contributed by atoms with Crippen LogP contribution >= 0.6 is 24.2 Å². The number of thioether (sulfide) groups is 1. The lowest BCUT2D eigenvalue weighted by molar-refractivity contribution is -0.125. The molecule has 2 aromatic rings. The van der Waals surface area contributed by atoms with Gasteiger partial charge in [-0.1, -0.05) is 49.4 Å². The van der Waals surface area contributed by atoms with Crippen molar-refractivity contribution in [2.45, 2.75) is 24.4 Å². The van der Waals surface area contributed by atoms with E-state index in [1.165, 1.54) is 4.90 Å². The van der Waals surface area contributed by atoms with Crippen molar-refractivity contribution in [3.8, 4) is 0 Å². The van der Waals surface area contributed by atoms with Crippen LogP contribution in [-0.2, 0) is 11.3 Å². The zero-order chi connectivity index (χ0) is 15.9. The summed E-state index contributed by atoms with van der Waals surface area (Å²) < 4.78 is 0. The third kappa shape index (κ3) is 5.57. The van der Waals surface area contributed by atoms with Crippen LogP contribution in [0, 0.1) is 5.92 Å². The van der Waals surface area contributed by atoms with Gasteiger partial charge >= 0.3 is 0 Å². The van der Waals surface area contributed by atoms with Gasteiger partial charge in [-0.25, -0.2) is 0 Å². The highest BCUT2D eigenvalue weighted by molar-refractivity contribution is 7.98. The van der Waals surface area contributed by atoms with E-state index in [-0.39, 0.29) is 30.3 Å². The number of halogens is 1. The Hall–Kier alpha value is -1.49. The van der Waals surface area contributed by atoms with Gasteiger partial charge in [0.25, 0.3) is 0 Å². The first-order valence-electron chi connectivity index (χ1n) is 7.33. The smallest absolute Gasteiger partial charge is 0.225 e. The van der Waals surface area contributed by atoms with Crippen molar-refractivity contribution in [1.29, 1.82) is 0 Å². The van der Waals surface area contributed by atoms with Crippen molar-refractivity contribution < 1.29 is 4.79 Å². The minimum atomic E-state index is -0.292. The fraction of sp³-hybridized carbons (Fsp3) is 0.278. The summed E-state index contributed by atoms with van der Waals surface area (Å²) in [5.41, 5.74) is 8.25. The quantitative estimate of drug-likeness (QED) is 0.779. The van der Waals surface area contributed by atoms with Gasteiger partial charge in [0.05, 0.1) is 5.92 Å². The molecule has 0 bridgehead atoms. The molecule has 0 spiro atoms. The highest BCUT2D eigenvalue weighted by Crippen LogP contribution is 2.19. The molecule has 0 aromatic heterocycles. The fourth-order valence-electron chi connectivity index (χ4n) is 2.22. The number of benzene rings is 2. The van der Waals surface area contributed by atoms with Crippen molar-refractivity contribution in [1.82, 2.24) is 5.32 Å². The van der Waals surface area contributed by atoms with E-state index >= 15 is 0 Å². The first-order chi connectivity index (χ1) is 10.6. The molecule has 0 fully saturated rings. The summed E-state index contributed by atoms with van der Waals surface area (Å²) in [6.07, 6.45) is 2.05. The van der Waals surface area contributed by atoms with Crippen LogP contribution in [0.2, 0.25) is 0 Å². The number of hydrogen-bond donors (Lipinski definition) is 2. The first kappa shape index (κ1) is 19.6. The van der Waals surface area contributed by atoms with Crippen LogP contribution in [0.4, 0.5) is 0 Å². The molecule has 0 saturated carbocycles. The SMILES string of the molecule is CSc1ccc(CNC(=O)C(C)C(N)c2ccccc2)cc1.Cl. The average molecular weight is 351 g/mol. The largest absolute Gasteiger partial charge is 0.352 e. The van der Waals surface area contributed by atoms with E-state index in [9.17, 15) is 4.79 Å². The Labute approximate surface area is 148 Å². The molecular weight excluding hydrogens is 328 g/mol. The number of carbonyl (C=O) groups excluding carboxylic acids is 1. The monoisotopic (exact) mass is 350 g/mol. The van der Waals surface area contributed by atoms with Crippen LogP contribution < -0.4 is 11.1 Å². The summed E-state index contributed by atoms with van der Waals surface area (Å²) in [5.74, 6) is -0.293. The Morgan fingerprint density at radius 1 is 1.13 bits per heavy atom. The molecule has 124 valence electrons. The molecule has 3 N–H and O–H groups in total. The van der Waals surface area contributed by atoms with Crippen molar-refractivity contribution in [3.63, 3.8) is 0 Å². The standard InChI is InChI=1S/C18H22N2OS.ClH/c1-13(17(19)15-6-4-3-5-7-15)18(21)20-12-14-8-10-16(22-2)11-9-14;/h3-11,13,17H,12,19H2,1-2H3,(H,20,21);1H. The maximum absolute atomic E-state index is 12.3. The summed E-state index contributed by atoms with van der Waals surface area (Å²) in [4.78, 5) is 13.5. The zero-order valence-corrected chi connectivity index (χ0v) is 15.0. The van der Waals surface area contributed by atoms with Crippen LogP contribution in [0.5, 0.6) is 0 Å². The molecule has 0 aliphatic heterocycles. The molecule has 1 amide bonds. The van der Waals surface area contributed by atoms with Crippen molar-refractivity contribution in [3.05, 3.63) is 65.7 Å². The molecule has 0 aliphatic rings. The van der Waals surface area contributed by atoms with Crippen LogP contribution in [0.25, 0.3) is 0 Å². The normalized spacial score (nSPS) is 12.8. The number of amides is 1. The first-order valence-corrected chi connectivity index (χ1v) is 8.55. The highest BCUT2D eigenvalue weighted by Gasteiger charge is 2.21. The van der Waals surface area contributed by atoms with Crippen LogP contribution in [0.15, 0.2) is 59.5 Å². The van der Waals surface area contributed by atoms with Gasteiger partial charge in [0.2, 0.25) is 5.91 Å². The molecule has 0 aliphatic carbocycles. The summed E-state index contributed by atoms with van der Waals surface area (Å²) >= 11 is 1.70. The minimum absolute atomic E-state index is 0. The molecule has 0 saturated heterocycles. The maximum atomic E-state index is 12.3. The van der Waals surface area contributed by atoms with Crippen molar-refractivity contribution in [2.24, 2.45) is 11.7 Å². The van der Waals surface area contributed by atoms with Gasteiger partial charge < -0.3 is 11.1 Å². The average Bonchev–Trinajstić information content (AvgIpc) is 2.59. The van der Waals surface area contributed by atoms with Crippen LogP contribution in [0.1, 0.15) is 24.1 Å². The number of rotatable bonds is 6. The summed E-state index contributed by atoms with van der Waals surface area (Å²) in [6.45, 7) is 2.39. The third-order valence-corrected chi connectivity index (χ3v) is 4.51. The Morgan fingerprint density at radius 2 is 1.74 bits per heavy atom. The van der Waals surface area contributed by atoms with Crippen LogP contribution in [-0.4, -0.2) is 12.2 Å². The second-order valence-corrected chi connectivity index (χ2v) is 6.17. The topological polar surface area (TPSA) is 55.1 Å². The molecule has 2 rings (SSSR count). The molecular formula is C18H23ClN2OS. The molecule has 5 heteroatoms. The van der Waals surface area contributed by atoms with Gasteiger partial charge in [-0.2, -0.15) is 0 Å². The lowest BCUT2D eigenvalue weighted by Gasteiger charge is -2.20. The Balaban J connectivity index is 0.00000264. The molecule has 3 nitrogen and oxygen atoms in total. The summed E-state index contributed by atoms with van der Waals surface area (Å²) in [6, 6.07) is 17.6. The summed E-state index contributed by atoms with van der Waals surface area (Å²) in [7, 11) is 0. The van der Waals surface area contributed by atoms with Crippen LogP contribution in [0.3, 0.4) is 0 Å². The van der Waals surface area contributed by atoms with Gasteiger partial charge in [0.1, 0.15) is 0 Å². The van der Waals surface area contributed by atoms with E-state index in [2.05, 4.69) is 17.4 Å². The maximum Gasteiger partial charge on any atom is 0.225 e. The van der Waals surface area contributed by atoms with E-state index in [1.54, 1.807) is 11.8 Å². The third-order valence-electron chi connectivity index (χ3n) is 3.76. The number of hydrogen-bond acceptors (Lipinski definition) is 3. The lowest BCUT2D eigenvalue weighted by atomic mass is 9.94. The Kier molecular flexibility index (Phi) is 8.17.